The van der Waals surface area contributed by atoms with Gasteiger partial charge < -0.3 is 9.73 Å². The van der Waals surface area contributed by atoms with E-state index in [4.69, 9.17) is 4.42 Å². The topological polar surface area (TPSA) is 72.2 Å². The van der Waals surface area contributed by atoms with Gasteiger partial charge in [-0.05, 0) is 53.2 Å². The maximum Gasteiger partial charge on any atom is 0.349 e. The summed E-state index contributed by atoms with van der Waals surface area (Å²) >= 11 is 8.32. The summed E-state index contributed by atoms with van der Waals surface area (Å²) in [6.45, 7) is 1.94. The molecule has 28 heavy (non-hydrogen) atoms. The summed E-state index contributed by atoms with van der Waals surface area (Å²) in [5.41, 5.74) is 1.94. The monoisotopic (exact) mass is 518 g/mol. The Kier molecular flexibility index (Phi) is 5.18. The van der Waals surface area contributed by atoms with Crippen LogP contribution < -0.4 is 10.9 Å². The molecular formula is C20H12Br2N2O3S. The highest BCUT2D eigenvalue weighted by Gasteiger charge is 2.16. The number of nitrogens with zero attached hydrogens (tertiary/aromatic N) is 1. The Hall–Kier alpha value is -2.29. The minimum atomic E-state index is -0.695. The molecule has 0 unspecified atom stereocenters. The third-order valence-electron chi connectivity index (χ3n) is 4.03. The highest BCUT2D eigenvalue weighted by Crippen LogP contribution is 2.28. The number of fused-ring (bicyclic) bond motifs is 1. The van der Waals surface area contributed by atoms with Crippen molar-refractivity contribution in [3.63, 3.8) is 0 Å². The molecule has 140 valence electrons. The quantitative estimate of drug-likeness (QED) is 0.337. The average Bonchev–Trinajstić information content (AvgIpc) is 3.08. The van der Waals surface area contributed by atoms with Crippen molar-refractivity contribution in [1.29, 1.82) is 0 Å². The van der Waals surface area contributed by atoms with Crippen molar-refractivity contribution in [2.45, 2.75) is 6.92 Å². The second-order valence-electron chi connectivity index (χ2n) is 6.04. The van der Waals surface area contributed by atoms with Crippen molar-refractivity contribution in [1.82, 2.24) is 4.98 Å². The summed E-state index contributed by atoms with van der Waals surface area (Å²) in [6.07, 6.45) is 0. The lowest BCUT2D eigenvalue weighted by Crippen LogP contribution is -2.20. The first kappa shape index (κ1) is 19.0. The first-order chi connectivity index (χ1) is 13.4. The van der Waals surface area contributed by atoms with Crippen LogP contribution in [0.2, 0.25) is 0 Å². The van der Waals surface area contributed by atoms with Gasteiger partial charge in [0.1, 0.15) is 5.56 Å². The molecule has 0 bridgehead atoms. The molecule has 0 aliphatic rings. The van der Waals surface area contributed by atoms with E-state index < -0.39 is 11.5 Å². The van der Waals surface area contributed by atoms with Crippen molar-refractivity contribution < 1.29 is 9.21 Å². The first-order valence-electron chi connectivity index (χ1n) is 8.17. The summed E-state index contributed by atoms with van der Waals surface area (Å²) in [5, 5.41) is 6.33. The molecule has 0 aliphatic carbocycles. The van der Waals surface area contributed by atoms with E-state index in [1.807, 2.05) is 30.5 Å². The van der Waals surface area contributed by atoms with Crippen LogP contribution in [0.15, 0.2) is 66.0 Å². The summed E-state index contributed by atoms with van der Waals surface area (Å²) in [5.74, 6) is -0.529. The van der Waals surface area contributed by atoms with Crippen LogP contribution in [0.1, 0.15) is 15.4 Å². The molecule has 2 aromatic carbocycles. The fourth-order valence-electron chi connectivity index (χ4n) is 2.77. The largest absolute Gasteiger partial charge is 0.421 e. The number of rotatable bonds is 3. The molecule has 0 saturated carbocycles. The molecule has 8 heteroatoms. The zero-order valence-electron chi connectivity index (χ0n) is 14.5. The van der Waals surface area contributed by atoms with Crippen LogP contribution in [0.4, 0.5) is 5.69 Å². The van der Waals surface area contributed by atoms with Gasteiger partial charge in [-0.25, -0.2) is 9.78 Å². The maximum absolute atomic E-state index is 12.7. The lowest BCUT2D eigenvalue weighted by Gasteiger charge is -2.07. The first-order valence-corrected chi connectivity index (χ1v) is 10.6. The Bertz CT molecular complexity index is 1280. The highest BCUT2D eigenvalue weighted by molar-refractivity contribution is 9.11. The van der Waals surface area contributed by atoms with Gasteiger partial charge in [0.05, 0.1) is 15.2 Å². The van der Waals surface area contributed by atoms with E-state index >= 15 is 0 Å². The standard InChI is InChI=1S/C20H12Br2N2O3S/c1-10-23-17(9-28-10)11-3-2-4-14(6-11)24-19(25)15-7-12-5-13(21)8-16(22)18(12)27-20(15)26/h2-9H,1H3,(H,24,25). The second-order valence-corrected chi connectivity index (χ2v) is 8.87. The Morgan fingerprint density at radius 3 is 2.75 bits per heavy atom. The number of carbonyl (C=O) groups is 1. The van der Waals surface area contributed by atoms with Crippen LogP contribution in [0.3, 0.4) is 0 Å². The van der Waals surface area contributed by atoms with Crippen LogP contribution in [0.5, 0.6) is 0 Å². The van der Waals surface area contributed by atoms with E-state index in [2.05, 4.69) is 42.2 Å². The number of benzene rings is 2. The summed E-state index contributed by atoms with van der Waals surface area (Å²) in [7, 11) is 0. The number of halogens is 2. The van der Waals surface area contributed by atoms with Gasteiger partial charge in [0, 0.05) is 26.5 Å². The number of anilines is 1. The maximum atomic E-state index is 12.7. The molecule has 0 fully saturated rings. The molecule has 0 saturated heterocycles. The van der Waals surface area contributed by atoms with Gasteiger partial charge in [0.15, 0.2) is 5.58 Å². The van der Waals surface area contributed by atoms with Crippen LogP contribution in [-0.2, 0) is 0 Å². The molecule has 0 spiro atoms. The molecule has 2 heterocycles. The van der Waals surface area contributed by atoms with Gasteiger partial charge in [-0.2, -0.15) is 0 Å². The van der Waals surface area contributed by atoms with Crippen molar-refractivity contribution in [3.8, 4) is 11.3 Å². The lowest BCUT2D eigenvalue weighted by molar-refractivity contribution is 0.102. The molecule has 1 amide bonds. The minimum absolute atomic E-state index is 0.0626. The number of carbonyl (C=O) groups excluding carboxylic acids is 1. The Morgan fingerprint density at radius 2 is 2.00 bits per heavy atom. The average molecular weight is 520 g/mol. The third-order valence-corrected chi connectivity index (χ3v) is 5.85. The van der Waals surface area contributed by atoms with Crippen molar-refractivity contribution in [2.24, 2.45) is 0 Å². The molecule has 2 aromatic heterocycles. The predicted molar refractivity (Wildman–Crippen MR) is 118 cm³/mol. The summed E-state index contributed by atoms with van der Waals surface area (Å²) in [4.78, 5) is 29.5. The number of thiazole rings is 1. The van der Waals surface area contributed by atoms with E-state index in [1.54, 1.807) is 29.5 Å². The van der Waals surface area contributed by atoms with Gasteiger partial charge in [-0.1, -0.05) is 28.1 Å². The molecule has 4 aromatic rings. The zero-order valence-corrected chi connectivity index (χ0v) is 18.4. The van der Waals surface area contributed by atoms with Gasteiger partial charge in [0.25, 0.3) is 5.91 Å². The molecule has 0 aliphatic heterocycles. The van der Waals surface area contributed by atoms with Gasteiger partial charge >= 0.3 is 5.63 Å². The van der Waals surface area contributed by atoms with E-state index in [1.165, 1.54) is 6.07 Å². The summed E-state index contributed by atoms with van der Waals surface area (Å²) < 4.78 is 6.78. The van der Waals surface area contributed by atoms with E-state index in [0.29, 0.717) is 21.1 Å². The normalized spacial score (nSPS) is 11.0. The van der Waals surface area contributed by atoms with Crippen LogP contribution in [0, 0.1) is 6.92 Å². The highest BCUT2D eigenvalue weighted by atomic mass is 79.9. The SMILES string of the molecule is Cc1nc(-c2cccc(NC(=O)c3cc4cc(Br)cc(Br)c4oc3=O)c2)cs1. The van der Waals surface area contributed by atoms with Crippen molar-refractivity contribution in [2.75, 3.05) is 5.32 Å². The zero-order chi connectivity index (χ0) is 19.8. The number of hydrogen-bond acceptors (Lipinski definition) is 5. The third kappa shape index (κ3) is 3.80. The Balaban J connectivity index is 1.67. The number of hydrogen-bond donors (Lipinski definition) is 1. The Morgan fingerprint density at radius 1 is 1.18 bits per heavy atom. The molecule has 4 rings (SSSR count). The van der Waals surface area contributed by atoms with Gasteiger partial charge in [-0.15, -0.1) is 11.3 Å². The van der Waals surface area contributed by atoms with Crippen molar-refractivity contribution >= 4 is 65.8 Å². The summed E-state index contributed by atoms with van der Waals surface area (Å²) in [6, 6.07) is 12.4. The van der Waals surface area contributed by atoms with Crippen LogP contribution in [-0.4, -0.2) is 10.9 Å². The molecule has 1 N–H and O–H groups in total. The van der Waals surface area contributed by atoms with Crippen LogP contribution in [0.25, 0.3) is 22.2 Å². The van der Waals surface area contributed by atoms with E-state index in [-0.39, 0.29) is 5.56 Å². The van der Waals surface area contributed by atoms with E-state index in [9.17, 15) is 9.59 Å². The predicted octanol–water partition coefficient (Wildman–Crippen LogP) is 6.00. The van der Waals surface area contributed by atoms with Crippen LogP contribution >= 0.6 is 43.2 Å². The second kappa shape index (κ2) is 7.62. The smallest absolute Gasteiger partial charge is 0.349 e. The minimum Gasteiger partial charge on any atom is -0.421 e. The lowest BCUT2D eigenvalue weighted by atomic mass is 10.1. The fraction of sp³-hybridized carbons (Fsp3) is 0.0500. The van der Waals surface area contributed by atoms with Gasteiger partial charge in [-0.3, -0.25) is 4.79 Å². The molecule has 0 atom stereocenters. The number of amides is 1. The Labute approximate surface area is 180 Å². The number of aryl methyl sites for hydroxylation is 1. The number of nitrogens with one attached hydrogen (secondary N) is 1. The molecule has 0 radical (unpaired) electrons. The van der Waals surface area contributed by atoms with Crippen molar-refractivity contribution in [3.05, 3.63) is 77.8 Å². The molecule has 5 nitrogen and oxygen atoms in total. The molecular weight excluding hydrogens is 508 g/mol. The fourth-order valence-corrected chi connectivity index (χ4v) is 4.73. The van der Waals surface area contributed by atoms with Gasteiger partial charge in [0.2, 0.25) is 0 Å². The van der Waals surface area contributed by atoms with E-state index in [0.717, 1.165) is 20.7 Å². The number of aromatic nitrogens is 1.